The highest BCUT2D eigenvalue weighted by Crippen LogP contribution is 2.35. The number of nitrogens with two attached hydrogens (primary N) is 1. The predicted molar refractivity (Wildman–Crippen MR) is 72.1 cm³/mol. The predicted octanol–water partition coefficient (Wildman–Crippen LogP) is 3.95. The average molecular weight is 285 g/mol. The van der Waals surface area contributed by atoms with Gasteiger partial charge in [0.15, 0.2) is 5.82 Å². The van der Waals surface area contributed by atoms with Gasteiger partial charge in [0, 0.05) is 6.07 Å². The van der Waals surface area contributed by atoms with Crippen LogP contribution in [0.1, 0.15) is 0 Å². The van der Waals surface area contributed by atoms with Crippen LogP contribution in [-0.4, -0.2) is 7.11 Å². The van der Waals surface area contributed by atoms with E-state index in [1.54, 1.807) is 18.2 Å². The van der Waals surface area contributed by atoms with Gasteiger partial charge in [0.25, 0.3) is 0 Å². The lowest BCUT2D eigenvalue weighted by molar-refractivity contribution is 0.417. The quantitative estimate of drug-likeness (QED) is 0.839. The zero-order valence-electron chi connectivity index (χ0n) is 10.0. The molecule has 0 radical (unpaired) electrons. The Bertz CT molecular complexity index is 597. The van der Waals surface area contributed by atoms with E-state index in [1.807, 2.05) is 0 Å². The average Bonchev–Trinajstić information content (AvgIpc) is 2.35. The Labute approximate surface area is 113 Å². The first-order chi connectivity index (χ1) is 9.02. The standard InChI is InChI=1S/C13H11ClF2N2O/c1-19-11-4-2-3-10(12(11)17)18-13-8(14)5-7(15)6-9(13)16/h2-6,18H,17H2,1H3. The molecule has 0 amide bonds. The topological polar surface area (TPSA) is 47.3 Å². The number of nitrogen functional groups attached to an aromatic ring is 1. The second-order valence-electron chi connectivity index (χ2n) is 3.79. The Kier molecular flexibility index (Phi) is 3.76. The van der Waals surface area contributed by atoms with E-state index >= 15 is 0 Å². The number of nitrogens with one attached hydrogen (secondary N) is 1. The molecule has 0 aliphatic carbocycles. The summed E-state index contributed by atoms with van der Waals surface area (Å²) in [5, 5.41) is 2.66. The highest BCUT2D eigenvalue weighted by molar-refractivity contribution is 6.33. The number of hydrogen-bond acceptors (Lipinski definition) is 3. The lowest BCUT2D eigenvalue weighted by Gasteiger charge is -2.13. The molecular weight excluding hydrogens is 274 g/mol. The molecule has 0 fully saturated rings. The van der Waals surface area contributed by atoms with Crippen LogP contribution in [0.4, 0.5) is 25.8 Å². The van der Waals surface area contributed by atoms with Gasteiger partial charge < -0.3 is 15.8 Å². The van der Waals surface area contributed by atoms with E-state index in [1.165, 1.54) is 7.11 Å². The molecule has 2 aromatic rings. The summed E-state index contributed by atoms with van der Waals surface area (Å²) >= 11 is 5.80. The molecule has 100 valence electrons. The molecule has 0 atom stereocenters. The normalized spacial score (nSPS) is 10.3. The fourth-order valence-corrected chi connectivity index (χ4v) is 1.87. The SMILES string of the molecule is COc1cccc(Nc2c(F)cc(F)cc2Cl)c1N. The van der Waals surface area contributed by atoms with Gasteiger partial charge in [-0.1, -0.05) is 17.7 Å². The van der Waals surface area contributed by atoms with Crippen molar-refractivity contribution in [1.82, 2.24) is 0 Å². The minimum atomic E-state index is -0.799. The molecule has 3 N–H and O–H groups in total. The van der Waals surface area contributed by atoms with Crippen molar-refractivity contribution in [1.29, 1.82) is 0 Å². The molecule has 0 aliphatic heterocycles. The Morgan fingerprint density at radius 2 is 2.00 bits per heavy atom. The number of hydrogen-bond donors (Lipinski definition) is 2. The van der Waals surface area contributed by atoms with Gasteiger partial charge in [-0.05, 0) is 18.2 Å². The summed E-state index contributed by atoms with van der Waals surface area (Å²) < 4.78 is 31.7. The summed E-state index contributed by atoms with van der Waals surface area (Å²) in [5.74, 6) is -1.09. The third kappa shape index (κ3) is 2.71. The Morgan fingerprint density at radius 3 is 2.63 bits per heavy atom. The molecule has 0 heterocycles. The van der Waals surface area contributed by atoms with Crippen LogP contribution in [-0.2, 0) is 0 Å². The van der Waals surface area contributed by atoms with Gasteiger partial charge >= 0.3 is 0 Å². The van der Waals surface area contributed by atoms with E-state index in [0.29, 0.717) is 17.1 Å². The Morgan fingerprint density at radius 1 is 1.26 bits per heavy atom. The van der Waals surface area contributed by atoms with E-state index in [9.17, 15) is 8.78 Å². The molecule has 2 aromatic carbocycles. The van der Waals surface area contributed by atoms with Gasteiger partial charge in [-0.25, -0.2) is 8.78 Å². The fourth-order valence-electron chi connectivity index (χ4n) is 1.63. The van der Waals surface area contributed by atoms with E-state index < -0.39 is 11.6 Å². The Hall–Kier alpha value is -2.01. The van der Waals surface area contributed by atoms with Crippen molar-refractivity contribution < 1.29 is 13.5 Å². The van der Waals surface area contributed by atoms with Crippen LogP contribution in [0.2, 0.25) is 5.02 Å². The number of halogens is 3. The van der Waals surface area contributed by atoms with Crippen LogP contribution >= 0.6 is 11.6 Å². The zero-order valence-corrected chi connectivity index (χ0v) is 10.8. The van der Waals surface area contributed by atoms with Crippen molar-refractivity contribution in [3.05, 3.63) is 47.0 Å². The van der Waals surface area contributed by atoms with E-state index in [4.69, 9.17) is 22.1 Å². The first-order valence-corrected chi connectivity index (χ1v) is 5.74. The molecule has 3 nitrogen and oxygen atoms in total. The molecule has 0 bridgehead atoms. The van der Waals surface area contributed by atoms with Crippen molar-refractivity contribution in [3.8, 4) is 5.75 Å². The molecule has 0 aliphatic rings. The highest BCUT2D eigenvalue weighted by atomic mass is 35.5. The number of rotatable bonds is 3. The van der Waals surface area contributed by atoms with Crippen molar-refractivity contribution in [2.45, 2.75) is 0 Å². The lowest BCUT2D eigenvalue weighted by Crippen LogP contribution is -2.01. The second kappa shape index (κ2) is 5.32. The van der Waals surface area contributed by atoms with E-state index in [0.717, 1.165) is 12.1 Å². The number of methoxy groups -OCH3 is 1. The fraction of sp³-hybridized carbons (Fsp3) is 0.0769. The monoisotopic (exact) mass is 284 g/mol. The number of benzene rings is 2. The molecule has 2 rings (SSSR count). The maximum atomic E-state index is 13.7. The summed E-state index contributed by atoms with van der Waals surface area (Å²) in [4.78, 5) is 0. The summed E-state index contributed by atoms with van der Waals surface area (Å²) in [7, 11) is 1.47. The van der Waals surface area contributed by atoms with Crippen LogP contribution in [0.25, 0.3) is 0 Å². The van der Waals surface area contributed by atoms with Gasteiger partial charge in [-0.15, -0.1) is 0 Å². The zero-order chi connectivity index (χ0) is 14.0. The summed E-state index contributed by atoms with van der Waals surface area (Å²) in [6.45, 7) is 0. The van der Waals surface area contributed by atoms with Crippen LogP contribution in [0.3, 0.4) is 0 Å². The second-order valence-corrected chi connectivity index (χ2v) is 4.20. The van der Waals surface area contributed by atoms with Crippen LogP contribution in [0.15, 0.2) is 30.3 Å². The molecule has 6 heteroatoms. The largest absolute Gasteiger partial charge is 0.495 e. The first kappa shape index (κ1) is 13.4. The van der Waals surface area contributed by atoms with Crippen molar-refractivity contribution in [2.75, 3.05) is 18.2 Å². The van der Waals surface area contributed by atoms with Crippen LogP contribution in [0, 0.1) is 11.6 Å². The molecule has 0 aromatic heterocycles. The lowest BCUT2D eigenvalue weighted by atomic mass is 10.2. The molecule has 0 spiro atoms. The van der Waals surface area contributed by atoms with Gasteiger partial charge in [0.1, 0.15) is 11.6 Å². The highest BCUT2D eigenvalue weighted by Gasteiger charge is 2.12. The van der Waals surface area contributed by atoms with Gasteiger partial charge in [-0.3, -0.25) is 0 Å². The Balaban J connectivity index is 2.42. The summed E-state index contributed by atoms with van der Waals surface area (Å²) in [6.07, 6.45) is 0. The van der Waals surface area contributed by atoms with Gasteiger partial charge in [-0.2, -0.15) is 0 Å². The van der Waals surface area contributed by atoms with Gasteiger partial charge in [0.2, 0.25) is 0 Å². The number of anilines is 3. The molecule has 0 unspecified atom stereocenters. The third-order valence-electron chi connectivity index (χ3n) is 2.55. The third-order valence-corrected chi connectivity index (χ3v) is 2.85. The van der Waals surface area contributed by atoms with Crippen LogP contribution < -0.4 is 15.8 Å². The van der Waals surface area contributed by atoms with E-state index in [-0.39, 0.29) is 10.7 Å². The smallest absolute Gasteiger partial charge is 0.151 e. The number of para-hydroxylation sites is 1. The van der Waals surface area contributed by atoms with Crippen molar-refractivity contribution >= 4 is 28.7 Å². The summed E-state index contributed by atoms with van der Waals surface area (Å²) in [6, 6.07) is 6.75. The van der Waals surface area contributed by atoms with Crippen LogP contribution in [0.5, 0.6) is 5.75 Å². The maximum absolute atomic E-state index is 13.7. The molecule has 0 saturated carbocycles. The van der Waals surface area contributed by atoms with Crippen molar-refractivity contribution in [3.63, 3.8) is 0 Å². The number of ether oxygens (including phenoxy) is 1. The first-order valence-electron chi connectivity index (χ1n) is 5.37. The summed E-state index contributed by atoms with van der Waals surface area (Å²) in [5.41, 5.74) is 6.54. The van der Waals surface area contributed by atoms with Crippen molar-refractivity contribution in [2.24, 2.45) is 0 Å². The van der Waals surface area contributed by atoms with Gasteiger partial charge in [0.05, 0.1) is 29.2 Å². The minimum Gasteiger partial charge on any atom is -0.495 e. The molecule has 19 heavy (non-hydrogen) atoms. The molecule has 0 saturated heterocycles. The minimum absolute atomic E-state index is 0.0389. The van der Waals surface area contributed by atoms with E-state index in [2.05, 4.69) is 5.32 Å². The maximum Gasteiger partial charge on any atom is 0.151 e. The molecular formula is C13H11ClF2N2O.